The summed E-state index contributed by atoms with van der Waals surface area (Å²) in [7, 11) is 0. The maximum absolute atomic E-state index is 12.4. The summed E-state index contributed by atoms with van der Waals surface area (Å²) in [5.74, 6) is 0.0891. The van der Waals surface area contributed by atoms with E-state index in [0.717, 1.165) is 123 Å². The molecule has 2 amide bonds. The first kappa shape index (κ1) is 68.5. The average Bonchev–Trinajstić information content (AvgIpc) is 3.36. The Morgan fingerprint density at radius 3 is 1.10 bits per heavy atom. The minimum absolute atomic E-state index is 0.229. The molecule has 0 saturated carbocycles. The predicted octanol–water partition coefficient (Wildman–Crippen LogP) is 6.20. The molecule has 70 heavy (non-hydrogen) atoms. The van der Waals surface area contributed by atoms with E-state index in [4.69, 9.17) is 16.6 Å². The monoisotopic (exact) mass is 1000 g/mol. The average molecular weight is 1000 g/mol. The number of nitrogens with two attached hydrogens (primary N) is 2. The molecule has 4 atom stereocenters. The summed E-state index contributed by atoms with van der Waals surface area (Å²) in [6.07, 6.45) is 34.9. The molecule has 0 aromatic heterocycles. The predicted molar refractivity (Wildman–Crippen MR) is 292 cm³/mol. The highest BCUT2D eigenvalue weighted by Crippen LogP contribution is 2.16. The molecule has 0 unspecified atom stereocenters. The number of aliphatic hydroxyl groups is 5. The molecule has 0 aliphatic rings. The van der Waals surface area contributed by atoms with Crippen molar-refractivity contribution in [2.75, 3.05) is 85.1 Å². The van der Waals surface area contributed by atoms with Crippen LogP contribution in [0.15, 0.2) is 0 Å². The lowest BCUT2D eigenvalue weighted by atomic mass is 10.00. The summed E-state index contributed by atoms with van der Waals surface area (Å²) >= 11 is 0. The fraction of sp³-hybridized carbons (Fsp3) is 0.964. The molecule has 15 heteroatoms. The van der Waals surface area contributed by atoms with Crippen molar-refractivity contribution in [3.8, 4) is 0 Å². The van der Waals surface area contributed by atoms with Gasteiger partial charge in [-0.25, -0.2) is 0 Å². The lowest BCUT2D eigenvalue weighted by Gasteiger charge is -2.24. The molecule has 0 aliphatic heterocycles. The minimum Gasteiger partial charge on any atom is -0.394 e. The largest absolute Gasteiger partial charge is 0.394 e. The zero-order valence-corrected chi connectivity index (χ0v) is 45.0. The first-order chi connectivity index (χ1) is 34.3. The maximum Gasteiger partial charge on any atom is 0.251 e. The number of aliphatic hydroxyl groups excluding tert-OH is 5. The van der Waals surface area contributed by atoms with Crippen LogP contribution in [0.5, 0.6) is 0 Å². The first-order valence-electron chi connectivity index (χ1n) is 29.4. The van der Waals surface area contributed by atoms with Crippen LogP contribution in [0.2, 0.25) is 0 Å². The van der Waals surface area contributed by atoms with Crippen LogP contribution in [0.25, 0.3) is 0 Å². The summed E-state index contributed by atoms with van der Waals surface area (Å²) < 4.78 is 0. The Balaban J connectivity index is 3.67. The number of hydrogen-bond acceptors (Lipinski definition) is 13. The van der Waals surface area contributed by atoms with Gasteiger partial charge in [-0.3, -0.25) is 9.59 Å². The Hall–Kier alpha value is -1.50. The highest BCUT2D eigenvalue weighted by Gasteiger charge is 2.34. The normalized spacial score (nSPS) is 13.5. The number of nitrogens with one attached hydrogen (secondary N) is 6. The summed E-state index contributed by atoms with van der Waals surface area (Å²) in [4.78, 5) is 24.4. The van der Waals surface area contributed by atoms with E-state index in [1.807, 2.05) is 0 Å². The number of unbranched alkanes of at least 4 members (excludes halogenated alkanes) is 27. The Morgan fingerprint density at radius 1 is 0.371 bits per heavy atom. The molecule has 418 valence electrons. The maximum atomic E-state index is 12.4. The van der Waals surface area contributed by atoms with Crippen molar-refractivity contribution in [1.82, 2.24) is 31.9 Å². The van der Waals surface area contributed by atoms with E-state index in [1.165, 1.54) is 167 Å². The molecule has 0 aromatic rings. The number of carbonyl (C=O) groups is 2. The van der Waals surface area contributed by atoms with Crippen LogP contribution in [-0.4, -0.2) is 147 Å². The molecule has 0 saturated heterocycles. The zero-order valence-electron chi connectivity index (χ0n) is 45.0. The Morgan fingerprint density at radius 2 is 0.700 bits per heavy atom. The Kier molecular flexibility index (Phi) is 54.1. The molecule has 0 fully saturated rings. The molecule has 15 N–H and O–H groups in total. The summed E-state index contributed by atoms with van der Waals surface area (Å²) in [6.45, 7) is 10.7. The highest BCUT2D eigenvalue weighted by molar-refractivity contribution is 5.81. The van der Waals surface area contributed by atoms with E-state index < -0.39 is 36.9 Å². The van der Waals surface area contributed by atoms with Crippen molar-refractivity contribution < 1.29 is 35.1 Å². The van der Waals surface area contributed by atoms with E-state index >= 15 is 0 Å². The van der Waals surface area contributed by atoms with Gasteiger partial charge in [0.15, 0.2) is 6.10 Å². The van der Waals surface area contributed by atoms with Gasteiger partial charge in [-0.1, -0.05) is 141 Å². The number of carbonyl (C=O) groups excluding carboxylic acids is 2. The van der Waals surface area contributed by atoms with Crippen molar-refractivity contribution in [2.24, 2.45) is 17.4 Å². The standard InChI is InChI=1S/C55H116N8O7/c56-36-24-28-38-58-40-30-32-42-60-46-49(47-61-43-33-31-41-59-39-29-25-37-57)34-22-19-21-26-44-62-51(66)35-23-18-16-14-12-10-8-6-4-2-1-3-5-7-9-11-13-15-17-20-27-45-63-55(70)54(69)53(68)52(67)50(65)48-64/h49-50,52-54,58-61,64-65,67-69H,1-48,56-57H2,(H,62,66)(H,63,70)/t50-,52-,53+,54-/m1/s1. The lowest BCUT2D eigenvalue weighted by molar-refractivity contribution is -0.148. The van der Waals surface area contributed by atoms with Crippen LogP contribution in [0.4, 0.5) is 0 Å². The Bertz CT molecular complexity index is 1060. The van der Waals surface area contributed by atoms with Gasteiger partial charge in [0, 0.05) is 19.5 Å². The topological polar surface area (TPSA) is 260 Å². The molecule has 0 radical (unpaired) electrons. The molecule has 0 aliphatic carbocycles. The number of rotatable bonds is 58. The van der Waals surface area contributed by atoms with Crippen molar-refractivity contribution >= 4 is 11.8 Å². The second kappa shape index (κ2) is 55.3. The second-order valence-electron chi connectivity index (χ2n) is 20.4. The molecule has 0 bridgehead atoms. The van der Waals surface area contributed by atoms with Crippen LogP contribution in [0.3, 0.4) is 0 Å². The van der Waals surface area contributed by atoms with Crippen molar-refractivity contribution in [3.05, 3.63) is 0 Å². The van der Waals surface area contributed by atoms with Gasteiger partial charge >= 0.3 is 0 Å². The van der Waals surface area contributed by atoms with Crippen molar-refractivity contribution in [2.45, 2.75) is 249 Å². The summed E-state index contributed by atoms with van der Waals surface area (Å²) in [6, 6.07) is 0. The van der Waals surface area contributed by atoms with Gasteiger partial charge in [-0.05, 0) is 148 Å². The molecule has 15 nitrogen and oxygen atoms in total. The molecular weight excluding hydrogens is 885 g/mol. The van der Waals surface area contributed by atoms with Crippen LogP contribution >= 0.6 is 0 Å². The third-order valence-corrected chi connectivity index (χ3v) is 13.7. The van der Waals surface area contributed by atoms with Gasteiger partial charge in [0.2, 0.25) is 5.91 Å². The zero-order chi connectivity index (χ0) is 51.2. The van der Waals surface area contributed by atoms with Crippen LogP contribution in [0, 0.1) is 5.92 Å². The van der Waals surface area contributed by atoms with Crippen LogP contribution < -0.4 is 43.4 Å². The van der Waals surface area contributed by atoms with Gasteiger partial charge in [0.1, 0.15) is 18.3 Å². The smallest absolute Gasteiger partial charge is 0.251 e. The van der Waals surface area contributed by atoms with Gasteiger partial charge in [-0.15, -0.1) is 0 Å². The molecular formula is C55H116N8O7. The van der Waals surface area contributed by atoms with E-state index in [9.17, 15) is 30.0 Å². The highest BCUT2D eigenvalue weighted by atomic mass is 16.4. The van der Waals surface area contributed by atoms with Crippen LogP contribution in [-0.2, 0) is 9.59 Å². The summed E-state index contributed by atoms with van der Waals surface area (Å²) in [5, 5.41) is 67.8. The molecule has 0 aromatic carbocycles. The van der Waals surface area contributed by atoms with Crippen molar-refractivity contribution in [3.63, 3.8) is 0 Å². The number of amides is 2. The third-order valence-electron chi connectivity index (χ3n) is 13.7. The first-order valence-corrected chi connectivity index (χ1v) is 29.4. The van der Waals surface area contributed by atoms with E-state index in [0.29, 0.717) is 18.9 Å². The molecule has 0 spiro atoms. The van der Waals surface area contributed by atoms with Crippen LogP contribution in [0.1, 0.15) is 225 Å². The summed E-state index contributed by atoms with van der Waals surface area (Å²) in [5.41, 5.74) is 11.2. The van der Waals surface area contributed by atoms with Gasteiger partial charge in [-0.2, -0.15) is 0 Å². The SMILES string of the molecule is NCCCCNCCCCNCC(CCCCCCNC(=O)CCCCCCCCCCCCCCCCCCCCCCCNC(=O)[C@H](O)[C@@H](O)[C@H](O)[C@H](O)CO)CNCCCCNCCCCN. The van der Waals surface area contributed by atoms with E-state index in [2.05, 4.69) is 31.9 Å². The van der Waals surface area contributed by atoms with E-state index in [-0.39, 0.29) is 5.91 Å². The fourth-order valence-corrected chi connectivity index (χ4v) is 8.92. The van der Waals surface area contributed by atoms with Gasteiger partial charge in [0.25, 0.3) is 5.91 Å². The second-order valence-corrected chi connectivity index (χ2v) is 20.4. The Labute approximate surface area is 429 Å². The van der Waals surface area contributed by atoms with Gasteiger partial charge in [0.05, 0.1) is 6.61 Å². The molecule has 0 rings (SSSR count). The lowest BCUT2D eigenvalue weighted by Crippen LogP contribution is -2.51. The van der Waals surface area contributed by atoms with Crippen molar-refractivity contribution in [1.29, 1.82) is 0 Å². The minimum atomic E-state index is -1.87. The van der Waals surface area contributed by atoms with Gasteiger partial charge < -0.3 is 68.9 Å². The molecule has 0 heterocycles. The third kappa shape index (κ3) is 47.5. The number of hydrogen-bond donors (Lipinski definition) is 13. The fourth-order valence-electron chi connectivity index (χ4n) is 8.92. The quantitative estimate of drug-likeness (QED) is 0.0304. The van der Waals surface area contributed by atoms with E-state index in [1.54, 1.807) is 0 Å².